The first-order chi connectivity index (χ1) is 16.3. The number of ether oxygens (including phenoxy) is 1. The highest BCUT2D eigenvalue weighted by molar-refractivity contribution is 8.18. The number of benzene rings is 3. The number of hydrogen-bond donors (Lipinski definition) is 0. The molecule has 1 saturated heterocycles. The summed E-state index contributed by atoms with van der Waals surface area (Å²) in [5, 5.41) is 1.02. The lowest BCUT2D eigenvalue weighted by atomic mass is 10.1. The quantitative estimate of drug-likeness (QED) is 0.272. The van der Waals surface area contributed by atoms with Crippen LogP contribution in [0, 0.1) is 0 Å². The van der Waals surface area contributed by atoms with E-state index in [0.717, 1.165) is 15.7 Å². The fraction of sp³-hybridized carbons (Fsp3) is 0.125. The van der Waals surface area contributed by atoms with Gasteiger partial charge in [0, 0.05) is 5.56 Å². The predicted octanol–water partition coefficient (Wildman–Crippen LogP) is 4.21. The molecule has 0 N–H and O–H groups in total. The molecular formula is C24H19NO7S2. The number of carbonyl (C=O) groups excluding carboxylic acids is 3. The lowest BCUT2D eigenvalue weighted by molar-refractivity contribution is -0.145. The van der Waals surface area contributed by atoms with Gasteiger partial charge in [-0.25, -0.2) is 0 Å². The van der Waals surface area contributed by atoms with Crippen LogP contribution in [0.2, 0.25) is 0 Å². The second kappa shape index (κ2) is 9.70. The van der Waals surface area contributed by atoms with Gasteiger partial charge in [-0.3, -0.25) is 19.3 Å². The zero-order valence-corrected chi connectivity index (χ0v) is 19.6. The van der Waals surface area contributed by atoms with E-state index in [-0.39, 0.29) is 27.7 Å². The van der Waals surface area contributed by atoms with Crippen molar-refractivity contribution in [1.29, 1.82) is 0 Å². The Labute approximate surface area is 200 Å². The molecule has 1 fully saturated rings. The van der Waals surface area contributed by atoms with Crippen molar-refractivity contribution in [3.8, 4) is 5.75 Å². The number of esters is 1. The summed E-state index contributed by atoms with van der Waals surface area (Å²) in [5.74, 6) is -1.38. The third-order valence-corrected chi connectivity index (χ3v) is 7.02. The van der Waals surface area contributed by atoms with Crippen LogP contribution in [0.1, 0.15) is 12.5 Å². The number of amides is 2. The molecule has 0 spiro atoms. The minimum absolute atomic E-state index is 0.00662. The van der Waals surface area contributed by atoms with Crippen molar-refractivity contribution < 1.29 is 31.7 Å². The topological polar surface area (TPSA) is 107 Å². The summed E-state index contributed by atoms with van der Waals surface area (Å²) < 4.78 is 36.1. The van der Waals surface area contributed by atoms with Crippen molar-refractivity contribution in [2.24, 2.45) is 0 Å². The SMILES string of the molecule is CCOC(=O)CN1C(=O)S/C(=C\c2ccccc2OS(=O)(=O)c2ccc3ccccc3c2)C1=O. The summed E-state index contributed by atoms with van der Waals surface area (Å²) in [6, 6.07) is 18.3. The first-order valence-electron chi connectivity index (χ1n) is 10.2. The molecule has 34 heavy (non-hydrogen) atoms. The van der Waals surface area contributed by atoms with E-state index < -0.39 is 33.8 Å². The molecule has 3 aromatic rings. The smallest absolute Gasteiger partial charge is 0.339 e. The largest absolute Gasteiger partial charge is 0.465 e. The summed E-state index contributed by atoms with van der Waals surface area (Å²) in [7, 11) is -4.18. The van der Waals surface area contributed by atoms with Crippen molar-refractivity contribution in [3.05, 3.63) is 77.2 Å². The highest BCUT2D eigenvalue weighted by atomic mass is 32.2. The van der Waals surface area contributed by atoms with Gasteiger partial charge >= 0.3 is 16.1 Å². The van der Waals surface area contributed by atoms with E-state index in [0.29, 0.717) is 11.8 Å². The van der Waals surface area contributed by atoms with Crippen molar-refractivity contribution in [1.82, 2.24) is 4.90 Å². The Morgan fingerprint density at radius 1 is 1.00 bits per heavy atom. The number of imide groups is 1. The van der Waals surface area contributed by atoms with Crippen LogP contribution < -0.4 is 4.18 Å². The maximum atomic E-state index is 13.0. The maximum absolute atomic E-state index is 13.0. The van der Waals surface area contributed by atoms with E-state index in [1.54, 1.807) is 37.3 Å². The third kappa shape index (κ3) is 4.97. The Balaban J connectivity index is 1.60. The number of fused-ring (bicyclic) bond motifs is 1. The average Bonchev–Trinajstić information content (AvgIpc) is 3.07. The van der Waals surface area contributed by atoms with Gasteiger partial charge in [0.05, 0.1) is 11.5 Å². The Bertz CT molecular complexity index is 1430. The molecule has 0 saturated carbocycles. The fourth-order valence-corrected chi connectivity index (χ4v) is 5.10. The molecule has 1 aliphatic heterocycles. The molecule has 0 atom stereocenters. The number of carbonyl (C=O) groups is 3. The molecule has 0 aromatic heterocycles. The predicted molar refractivity (Wildman–Crippen MR) is 128 cm³/mol. The second-order valence-electron chi connectivity index (χ2n) is 7.16. The van der Waals surface area contributed by atoms with Crippen LogP contribution in [-0.2, 0) is 24.4 Å². The van der Waals surface area contributed by atoms with Gasteiger partial charge in [-0.2, -0.15) is 8.42 Å². The van der Waals surface area contributed by atoms with Gasteiger partial charge < -0.3 is 8.92 Å². The Kier molecular flexibility index (Phi) is 6.71. The van der Waals surface area contributed by atoms with Gasteiger partial charge in [-0.05, 0) is 53.7 Å². The van der Waals surface area contributed by atoms with Crippen molar-refractivity contribution in [3.63, 3.8) is 0 Å². The summed E-state index contributed by atoms with van der Waals surface area (Å²) in [5.41, 5.74) is 0.286. The maximum Gasteiger partial charge on any atom is 0.339 e. The molecule has 8 nitrogen and oxygen atoms in total. The van der Waals surface area contributed by atoms with E-state index in [1.165, 1.54) is 24.3 Å². The highest BCUT2D eigenvalue weighted by Gasteiger charge is 2.37. The highest BCUT2D eigenvalue weighted by Crippen LogP contribution is 2.34. The van der Waals surface area contributed by atoms with E-state index in [2.05, 4.69) is 0 Å². The molecular weight excluding hydrogens is 478 g/mol. The number of thioether (sulfide) groups is 1. The Morgan fingerprint density at radius 2 is 1.71 bits per heavy atom. The standard InChI is InChI=1S/C24H19NO7S2/c1-2-31-22(26)15-25-23(27)21(33-24(25)28)14-18-9-5-6-10-20(18)32-34(29,30)19-12-11-16-7-3-4-8-17(16)13-19/h3-14H,2,15H2,1H3/b21-14-. The normalized spacial score (nSPS) is 15.2. The van der Waals surface area contributed by atoms with E-state index in [1.807, 2.05) is 18.2 Å². The van der Waals surface area contributed by atoms with Crippen molar-refractivity contribution in [2.45, 2.75) is 11.8 Å². The molecule has 0 radical (unpaired) electrons. The lowest BCUT2D eigenvalue weighted by Crippen LogP contribution is -2.34. The molecule has 2 amide bonds. The number of nitrogens with zero attached hydrogens (tertiary/aromatic N) is 1. The molecule has 1 heterocycles. The zero-order valence-electron chi connectivity index (χ0n) is 18.0. The Morgan fingerprint density at radius 3 is 2.47 bits per heavy atom. The van der Waals surface area contributed by atoms with Gasteiger partial charge in [-0.15, -0.1) is 0 Å². The van der Waals surface area contributed by atoms with Crippen LogP contribution in [0.15, 0.2) is 76.5 Å². The van der Waals surface area contributed by atoms with Gasteiger partial charge in [-0.1, -0.05) is 48.5 Å². The first-order valence-corrected chi connectivity index (χ1v) is 12.4. The number of rotatable bonds is 7. The number of hydrogen-bond acceptors (Lipinski definition) is 8. The van der Waals surface area contributed by atoms with Crippen LogP contribution in [0.3, 0.4) is 0 Å². The molecule has 0 aliphatic carbocycles. The first kappa shape index (κ1) is 23.5. The molecule has 4 rings (SSSR count). The third-order valence-electron chi connectivity index (χ3n) is 4.88. The van der Waals surface area contributed by atoms with Gasteiger partial charge in [0.15, 0.2) is 0 Å². The zero-order chi connectivity index (χ0) is 24.3. The van der Waals surface area contributed by atoms with Crippen molar-refractivity contribution >= 4 is 55.8 Å². The van der Waals surface area contributed by atoms with E-state index in [4.69, 9.17) is 8.92 Å². The lowest BCUT2D eigenvalue weighted by Gasteiger charge is -2.11. The minimum Gasteiger partial charge on any atom is -0.465 e. The fourth-order valence-electron chi connectivity index (χ4n) is 3.28. The molecule has 10 heteroatoms. The summed E-state index contributed by atoms with van der Waals surface area (Å²) in [6.45, 7) is 1.25. The summed E-state index contributed by atoms with van der Waals surface area (Å²) >= 11 is 0.647. The minimum atomic E-state index is -4.18. The molecule has 0 bridgehead atoms. The van der Waals surface area contributed by atoms with E-state index in [9.17, 15) is 22.8 Å². The number of para-hydroxylation sites is 1. The second-order valence-corrected chi connectivity index (χ2v) is 9.70. The molecule has 0 unspecified atom stereocenters. The van der Waals surface area contributed by atoms with E-state index >= 15 is 0 Å². The van der Waals surface area contributed by atoms with Gasteiger partial charge in [0.1, 0.15) is 17.2 Å². The molecule has 1 aliphatic rings. The van der Waals surface area contributed by atoms with Crippen molar-refractivity contribution in [2.75, 3.05) is 13.2 Å². The molecule has 174 valence electrons. The van der Waals surface area contributed by atoms with Crippen LogP contribution in [0.5, 0.6) is 5.75 Å². The Hall–Kier alpha value is -3.63. The van der Waals surface area contributed by atoms with Crippen LogP contribution in [-0.4, -0.2) is 43.6 Å². The average molecular weight is 498 g/mol. The van der Waals surface area contributed by atoms with Gasteiger partial charge in [0.2, 0.25) is 0 Å². The monoisotopic (exact) mass is 497 g/mol. The summed E-state index contributed by atoms with van der Waals surface area (Å²) in [4.78, 5) is 37.4. The molecule has 3 aromatic carbocycles. The van der Waals surface area contributed by atoms with Crippen LogP contribution in [0.4, 0.5) is 4.79 Å². The van der Waals surface area contributed by atoms with Gasteiger partial charge in [0.25, 0.3) is 11.1 Å². The van der Waals surface area contributed by atoms with Crippen LogP contribution in [0.25, 0.3) is 16.8 Å². The summed E-state index contributed by atoms with van der Waals surface area (Å²) in [6.07, 6.45) is 1.36. The van der Waals surface area contributed by atoms with Crippen LogP contribution >= 0.6 is 11.8 Å².